The zero-order valence-electron chi connectivity index (χ0n) is 15.3. The van der Waals surface area contributed by atoms with Crippen LogP contribution in [-0.4, -0.2) is 30.2 Å². The zero-order chi connectivity index (χ0) is 19.1. The average molecular weight is 372 g/mol. The van der Waals surface area contributed by atoms with E-state index in [4.69, 9.17) is 4.74 Å². The van der Waals surface area contributed by atoms with Crippen LogP contribution in [0.4, 0.5) is 9.80 Å². The van der Waals surface area contributed by atoms with Crippen LogP contribution in [0.3, 0.4) is 0 Å². The third-order valence-electron chi connectivity index (χ3n) is 3.84. The van der Waals surface area contributed by atoms with Crippen LogP contribution in [-0.2, 0) is 4.74 Å². The first kappa shape index (κ1) is 19.7. The maximum absolute atomic E-state index is 12.7. The van der Waals surface area contributed by atoms with E-state index in [1.54, 1.807) is 13.0 Å². The maximum atomic E-state index is 12.7. The Bertz CT molecular complexity index is 784. The number of carbonyl (C=O) groups is 1. The SMILES string of the molecule is C=CCN(C(=O)OCC)c1sc(C)cc1/C=[N+](\[O-])[C@H](C)c1ccccc1. The van der Waals surface area contributed by atoms with Crippen molar-refractivity contribution in [3.8, 4) is 0 Å². The lowest BCUT2D eigenvalue weighted by atomic mass is 10.1. The molecule has 6 heteroatoms. The standard InChI is InChI=1S/C20H24N2O3S/c1-5-12-21(20(23)25-6-2)19-18(13-15(3)26-19)14-22(24)16(4)17-10-8-7-9-11-17/h5,7-11,13-14,16H,1,6,12H2,2-4H3/b22-14-/t16-/m1/s1. The first-order valence-corrected chi connectivity index (χ1v) is 9.30. The van der Waals surface area contributed by atoms with Crippen LogP contribution in [0.2, 0.25) is 0 Å². The maximum Gasteiger partial charge on any atom is 0.415 e. The fourth-order valence-electron chi connectivity index (χ4n) is 2.52. The molecule has 5 nitrogen and oxygen atoms in total. The van der Waals surface area contributed by atoms with Crippen molar-refractivity contribution in [3.05, 3.63) is 70.3 Å². The van der Waals surface area contributed by atoms with Gasteiger partial charge >= 0.3 is 6.09 Å². The van der Waals surface area contributed by atoms with E-state index in [-0.39, 0.29) is 12.6 Å². The number of hydrogen-bond donors (Lipinski definition) is 0. The Labute approximate surface area is 158 Å². The second-order valence-corrected chi connectivity index (χ2v) is 7.03. The number of benzene rings is 1. The van der Waals surface area contributed by atoms with Gasteiger partial charge in [-0.2, -0.15) is 0 Å². The van der Waals surface area contributed by atoms with E-state index in [1.165, 1.54) is 22.5 Å². The molecule has 0 aliphatic heterocycles. The Morgan fingerprint density at radius 3 is 2.73 bits per heavy atom. The molecule has 0 bridgehead atoms. The molecule has 0 aliphatic carbocycles. The molecule has 0 fully saturated rings. The molecule has 2 rings (SSSR count). The molecule has 1 aromatic heterocycles. The van der Waals surface area contributed by atoms with Gasteiger partial charge in [0, 0.05) is 23.9 Å². The number of aryl methyl sites for hydroxylation is 1. The fourth-order valence-corrected chi connectivity index (χ4v) is 3.50. The van der Waals surface area contributed by atoms with Crippen LogP contribution in [0.1, 0.15) is 35.9 Å². The number of nitrogens with zero attached hydrogens (tertiary/aromatic N) is 2. The number of rotatable bonds is 7. The molecular formula is C20H24N2O3S. The molecule has 1 amide bonds. The lowest BCUT2D eigenvalue weighted by molar-refractivity contribution is -0.498. The van der Waals surface area contributed by atoms with E-state index in [0.29, 0.717) is 17.1 Å². The predicted octanol–water partition coefficient (Wildman–Crippen LogP) is 4.90. The normalized spacial score (nSPS) is 12.5. The fraction of sp³-hybridized carbons (Fsp3) is 0.300. The molecule has 1 atom stereocenters. The number of ether oxygens (including phenoxy) is 1. The van der Waals surface area contributed by atoms with Crippen molar-refractivity contribution in [2.24, 2.45) is 0 Å². The van der Waals surface area contributed by atoms with Gasteiger partial charge in [-0.05, 0) is 19.9 Å². The number of anilines is 1. The molecule has 0 unspecified atom stereocenters. The third-order valence-corrected chi connectivity index (χ3v) is 4.93. The van der Waals surface area contributed by atoms with E-state index in [9.17, 15) is 10.0 Å². The summed E-state index contributed by atoms with van der Waals surface area (Å²) >= 11 is 1.45. The minimum atomic E-state index is -0.447. The van der Waals surface area contributed by atoms with Crippen LogP contribution >= 0.6 is 11.3 Å². The Hall–Kier alpha value is -2.60. The summed E-state index contributed by atoms with van der Waals surface area (Å²) in [6, 6.07) is 11.1. The molecule has 0 N–H and O–H groups in total. The molecule has 138 valence electrons. The Morgan fingerprint density at radius 1 is 1.42 bits per heavy atom. The van der Waals surface area contributed by atoms with Gasteiger partial charge in [0.25, 0.3) is 0 Å². The summed E-state index contributed by atoms with van der Waals surface area (Å²) in [7, 11) is 0. The molecule has 0 spiro atoms. The van der Waals surface area contributed by atoms with E-state index >= 15 is 0 Å². The molecular weight excluding hydrogens is 348 g/mol. The predicted molar refractivity (Wildman–Crippen MR) is 107 cm³/mol. The van der Waals surface area contributed by atoms with Gasteiger partial charge in [0.2, 0.25) is 0 Å². The van der Waals surface area contributed by atoms with Crippen LogP contribution in [0.25, 0.3) is 0 Å². The second-order valence-electron chi connectivity index (χ2n) is 5.79. The summed E-state index contributed by atoms with van der Waals surface area (Å²) < 4.78 is 6.05. The summed E-state index contributed by atoms with van der Waals surface area (Å²) in [6.07, 6.45) is 2.72. The highest BCUT2D eigenvalue weighted by atomic mass is 32.1. The van der Waals surface area contributed by atoms with Crippen molar-refractivity contribution < 1.29 is 14.3 Å². The van der Waals surface area contributed by atoms with Crippen LogP contribution in [0, 0.1) is 12.1 Å². The Morgan fingerprint density at radius 2 is 2.12 bits per heavy atom. The highest BCUT2D eigenvalue weighted by Crippen LogP contribution is 2.31. The number of amides is 1. The van der Waals surface area contributed by atoms with Crippen LogP contribution in [0.15, 0.2) is 49.1 Å². The largest absolute Gasteiger partial charge is 0.623 e. The monoisotopic (exact) mass is 372 g/mol. The minimum absolute atomic E-state index is 0.286. The number of hydrogen-bond acceptors (Lipinski definition) is 4. The van der Waals surface area contributed by atoms with Gasteiger partial charge in [0.1, 0.15) is 5.00 Å². The molecule has 1 aromatic carbocycles. The first-order valence-electron chi connectivity index (χ1n) is 8.48. The van der Waals surface area contributed by atoms with Gasteiger partial charge in [-0.1, -0.05) is 36.4 Å². The smallest absolute Gasteiger partial charge is 0.415 e. The van der Waals surface area contributed by atoms with Gasteiger partial charge in [-0.15, -0.1) is 17.9 Å². The zero-order valence-corrected chi connectivity index (χ0v) is 16.2. The molecule has 0 saturated carbocycles. The quantitative estimate of drug-likeness (QED) is 0.228. The highest BCUT2D eigenvalue weighted by Gasteiger charge is 2.23. The summed E-state index contributed by atoms with van der Waals surface area (Å²) in [5.41, 5.74) is 1.63. The first-order chi connectivity index (χ1) is 12.5. The van der Waals surface area contributed by atoms with Crippen molar-refractivity contribution in [1.29, 1.82) is 0 Å². The average Bonchev–Trinajstić information content (AvgIpc) is 2.99. The van der Waals surface area contributed by atoms with Crippen molar-refractivity contribution in [2.75, 3.05) is 18.1 Å². The number of carbonyl (C=O) groups excluding carboxylic acids is 1. The van der Waals surface area contributed by atoms with Gasteiger partial charge in [-0.3, -0.25) is 4.90 Å². The molecule has 26 heavy (non-hydrogen) atoms. The van der Waals surface area contributed by atoms with Crippen molar-refractivity contribution >= 4 is 28.6 Å². The van der Waals surface area contributed by atoms with Gasteiger partial charge in [-0.25, -0.2) is 9.53 Å². The third kappa shape index (κ3) is 4.73. The highest BCUT2D eigenvalue weighted by molar-refractivity contribution is 7.16. The number of hydroxylamine groups is 1. The molecule has 0 radical (unpaired) electrons. The van der Waals surface area contributed by atoms with Crippen LogP contribution < -0.4 is 4.90 Å². The van der Waals surface area contributed by atoms with E-state index < -0.39 is 6.09 Å². The van der Waals surface area contributed by atoms with Crippen molar-refractivity contribution in [3.63, 3.8) is 0 Å². The lowest BCUT2D eigenvalue weighted by Crippen LogP contribution is -2.31. The second kappa shape index (κ2) is 9.20. The summed E-state index contributed by atoms with van der Waals surface area (Å²) in [6.45, 7) is 9.86. The topological polar surface area (TPSA) is 55.6 Å². The van der Waals surface area contributed by atoms with E-state index in [2.05, 4.69) is 6.58 Å². The molecule has 0 aliphatic rings. The summed E-state index contributed by atoms with van der Waals surface area (Å²) in [5, 5.41) is 13.3. The number of thiophene rings is 1. The van der Waals surface area contributed by atoms with Gasteiger partial charge in [0.15, 0.2) is 12.3 Å². The van der Waals surface area contributed by atoms with Crippen LogP contribution in [0.5, 0.6) is 0 Å². The molecule has 1 heterocycles. The minimum Gasteiger partial charge on any atom is -0.623 e. The van der Waals surface area contributed by atoms with E-state index in [1.807, 2.05) is 50.2 Å². The Balaban J connectivity index is 2.37. The van der Waals surface area contributed by atoms with Crippen molar-refractivity contribution in [2.45, 2.75) is 26.8 Å². The Kier molecular flexibility index (Phi) is 6.97. The van der Waals surface area contributed by atoms with Gasteiger partial charge < -0.3 is 9.94 Å². The molecule has 0 saturated heterocycles. The lowest BCUT2D eigenvalue weighted by Gasteiger charge is -2.19. The summed E-state index contributed by atoms with van der Waals surface area (Å²) in [4.78, 5) is 14.8. The van der Waals surface area contributed by atoms with Gasteiger partial charge in [0.05, 0.1) is 12.2 Å². The summed E-state index contributed by atoms with van der Waals surface area (Å²) in [5.74, 6) is 0. The van der Waals surface area contributed by atoms with E-state index in [0.717, 1.165) is 15.2 Å². The molecule has 2 aromatic rings. The van der Waals surface area contributed by atoms with Crippen molar-refractivity contribution in [1.82, 2.24) is 0 Å².